The lowest BCUT2D eigenvalue weighted by Crippen LogP contribution is -2.26. The number of carbonyl (C=O) groups is 1. The Morgan fingerprint density at radius 1 is 1.09 bits per heavy atom. The van der Waals surface area contributed by atoms with E-state index in [4.69, 9.17) is 21.1 Å². The zero-order chi connectivity index (χ0) is 24.0. The number of carbonyl (C=O) groups excluding carboxylic acids is 1. The number of anilines is 1. The molecule has 2 aromatic carbocycles. The molecule has 176 valence electrons. The molecular formula is C21H23ClN4O5S2. The topological polar surface area (TPSA) is 120 Å². The van der Waals surface area contributed by atoms with Gasteiger partial charge in [0.2, 0.25) is 9.47 Å². The number of benzene rings is 2. The highest BCUT2D eigenvalue weighted by Crippen LogP contribution is 2.31. The first-order valence-corrected chi connectivity index (χ1v) is 12.7. The van der Waals surface area contributed by atoms with Crippen LogP contribution in [0.15, 0.2) is 46.8 Å². The van der Waals surface area contributed by atoms with E-state index in [0.717, 1.165) is 11.3 Å². The number of aromatic nitrogens is 2. The molecule has 0 aliphatic heterocycles. The van der Waals surface area contributed by atoms with E-state index in [2.05, 4.69) is 20.2 Å². The van der Waals surface area contributed by atoms with Gasteiger partial charge < -0.3 is 9.47 Å². The van der Waals surface area contributed by atoms with Crippen molar-refractivity contribution in [1.29, 1.82) is 0 Å². The molecular weight excluding hydrogens is 488 g/mol. The van der Waals surface area contributed by atoms with Gasteiger partial charge >= 0.3 is 0 Å². The van der Waals surface area contributed by atoms with Crippen LogP contribution >= 0.6 is 22.9 Å². The minimum atomic E-state index is -4.00. The second-order valence-corrected chi connectivity index (χ2v) is 9.99. The zero-order valence-corrected chi connectivity index (χ0v) is 20.6. The highest BCUT2D eigenvalue weighted by Gasteiger charge is 2.24. The Kier molecular flexibility index (Phi) is 8.25. The Balaban J connectivity index is 1.73. The maximum Gasteiger partial charge on any atom is 0.270 e. The second kappa shape index (κ2) is 10.9. The van der Waals surface area contributed by atoms with Gasteiger partial charge in [0.25, 0.3) is 15.9 Å². The molecule has 12 heteroatoms. The molecule has 3 aromatic rings. The van der Waals surface area contributed by atoms with E-state index >= 15 is 0 Å². The van der Waals surface area contributed by atoms with Gasteiger partial charge in [-0.3, -0.25) is 10.1 Å². The molecule has 0 fully saturated rings. The lowest BCUT2D eigenvalue weighted by atomic mass is 10.1. The summed E-state index contributed by atoms with van der Waals surface area (Å²) in [4.78, 5) is 12.4. The number of sulfonamides is 1. The summed E-state index contributed by atoms with van der Waals surface area (Å²) in [6.45, 7) is 6.34. The normalized spacial score (nSPS) is 12.2. The van der Waals surface area contributed by atoms with Gasteiger partial charge in [0.1, 0.15) is 0 Å². The van der Waals surface area contributed by atoms with Gasteiger partial charge in [-0.25, -0.2) is 13.1 Å². The van der Waals surface area contributed by atoms with Crippen LogP contribution in [-0.2, 0) is 10.0 Å². The number of rotatable bonds is 10. The van der Waals surface area contributed by atoms with E-state index in [9.17, 15) is 13.2 Å². The molecule has 0 aliphatic rings. The predicted octanol–water partition coefficient (Wildman–Crippen LogP) is 4.28. The fraction of sp³-hybridized carbons (Fsp3) is 0.286. The van der Waals surface area contributed by atoms with Gasteiger partial charge in [0.05, 0.1) is 23.8 Å². The summed E-state index contributed by atoms with van der Waals surface area (Å²) in [7, 11) is -4.00. The molecule has 0 saturated carbocycles. The van der Waals surface area contributed by atoms with Crippen LogP contribution in [-0.4, -0.2) is 37.7 Å². The molecule has 1 amide bonds. The number of hydrogen-bond acceptors (Lipinski definition) is 8. The third kappa shape index (κ3) is 6.20. The largest absolute Gasteiger partial charge is 0.490 e. The fourth-order valence-electron chi connectivity index (χ4n) is 2.87. The minimum Gasteiger partial charge on any atom is -0.490 e. The maximum atomic E-state index is 12.8. The van der Waals surface area contributed by atoms with Crippen molar-refractivity contribution in [1.82, 2.24) is 14.9 Å². The molecule has 1 aromatic heterocycles. The number of halogens is 1. The highest BCUT2D eigenvalue weighted by atomic mass is 35.5. The van der Waals surface area contributed by atoms with Crippen LogP contribution in [0.2, 0.25) is 5.02 Å². The van der Waals surface area contributed by atoms with E-state index in [1.54, 1.807) is 49.4 Å². The molecule has 2 N–H and O–H groups in total. The van der Waals surface area contributed by atoms with E-state index in [0.29, 0.717) is 30.3 Å². The monoisotopic (exact) mass is 510 g/mol. The zero-order valence-electron chi connectivity index (χ0n) is 18.2. The smallest absolute Gasteiger partial charge is 0.270 e. The van der Waals surface area contributed by atoms with Crippen LogP contribution in [0.5, 0.6) is 11.5 Å². The van der Waals surface area contributed by atoms with Crippen molar-refractivity contribution in [2.24, 2.45) is 0 Å². The van der Waals surface area contributed by atoms with Crippen molar-refractivity contribution in [3.05, 3.63) is 58.6 Å². The maximum absolute atomic E-state index is 12.8. The van der Waals surface area contributed by atoms with Crippen molar-refractivity contribution in [2.75, 3.05) is 18.5 Å². The summed E-state index contributed by atoms with van der Waals surface area (Å²) < 4.78 is 39.1. The summed E-state index contributed by atoms with van der Waals surface area (Å²) in [6, 6.07) is 11.1. The standard InChI is InChI=1S/C21H23ClN4O5S2/c1-4-30-17-11-10-14(12-18(17)31-5-2)13(3)26-33(28,29)21-25-24-20(32-21)23-19(27)15-8-6-7-9-16(15)22/h6-13,26H,4-5H2,1-3H3,(H,23,24,27)/t13-/m0/s1. The number of hydrogen-bond donors (Lipinski definition) is 2. The number of ether oxygens (including phenoxy) is 2. The first-order chi connectivity index (χ1) is 15.7. The average Bonchev–Trinajstić information content (AvgIpc) is 3.25. The van der Waals surface area contributed by atoms with Crippen molar-refractivity contribution in [3.8, 4) is 11.5 Å². The van der Waals surface area contributed by atoms with Crippen LogP contribution in [0.3, 0.4) is 0 Å². The Bertz CT molecular complexity index is 1230. The average molecular weight is 511 g/mol. The summed E-state index contributed by atoms with van der Waals surface area (Å²) in [5.41, 5.74) is 0.924. The summed E-state index contributed by atoms with van der Waals surface area (Å²) >= 11 is 6.75. The Morgan fingerprint density at radius 3 is 2.48 bits per heavy atom. The summed E-state index contributed by atoms with van der Waals surface area (Å²) in [6.07, 6.45) is 0. The first-order valence-electron chi connectivity index (χ1n) is 10.1. The van der Waals surface area contributed by atoms with Gasteiger partial charge in [0, 0.05) is 6.04 Å². The molecule has 0 bridgehead atoms. The van der Waals surface area contributed by atoms with Crippen LogP contribution < -0.4 is 19.5 Å². The van der Waals surface area contributed by atoms with Gasteiger partial charge in [-0.05, 0) is 50.6 Å². The molecule has 0 unspecified atom stereocenters. The van der Waals surface area contributed by atoms with Crippen LogP contribution in [0, 0.1) is 0 Å². The van der Waals surface area contributed by atoms with Crippen LogP contribution in [0.1, 0.15) is 42.7 Å². The van der Waals surface area contributed by atoms with Crippen molar-refractivity contribution >= 4 is 44.0 Å². The molecule has 1 atom stereocenters. The van der Waals surface area contributed by atoms with Gasteiger partial charge in [-0.1, -0.05) is 41.1 Å². The van der Waals surface area contributed by atoms with Crippen molar-refractivity contribution in [3.63, 3.8) is 0 Å². The Morgan fingerprint density at radius 2 is 1.79 bits per heavy atom. The molecule has 9 nitrogen and oxygen atoms in total. The molecule has 3 rings (SSSR count). The van der Waals surface area contributed by atoms with E-state index in [1.165, 1.54) is 0 Å². The van der Waals surface area contributed by atoms with E-state index in [1.807, 2.05) is 13.8 Å². The molecule has 0 radical (unpaired) electrons. The highest BCUT2D eigenvalue weighted by molar-refractivity contribution is 7.91. The molecule has 0 saturated heterocycles. The summed E-state index contributed by atoms with van der Waals surface area (Å²) in [5.74, 6) is 0.601. The number of amides is 1. The molecule has 0 spiro atoms. The molecule has 33 heavy (non-hydrogen) atoms. The fourth-order valence-corrected chi connectivity index (χ4v) is 5.23. The Hall–Kier alpha value is -2.73. The van der Waals surface area contributed by atoms with Gasteiger partial charge in [0.15, 0.2) is 11.5 Å². The number of nitrogens with one attached hydrogen (secondary N) is 2. The Labute approximate surface area is 201 Å². The lowest BCUT2D eigenvalue weighted by molar-refractivity contribution is 0.102. The summed E-state index contributed by atoms with van der Waals surface area (Å²) in [5, 5.41) is 10.3. The quantitative estimate of drug-likeness (QED) is 0.390. The van der Waals surface area contributed by atoms with E-state index < -0.39 is 22.0 Å². The van der Waals surface area contributed by atoms with Gasteiger partial charge in [-0.2, -0.15) is 0 Å². The first kappa shape index (κ1) is 24.9. The second-order valence-electron chi connectivity index (χ2n) is 6.72. The predicted molar refractivity (Wildman–Crippen MR) is 127 cm³/mol. The lowest BCUT2D eigenvalue weighted by Gasteiger charge is -2.16. The van der Waals surface area contributed by atoms with Crippen molar-refractivity contribution in [2.45, 2.75) is 31.2 Å². The van der Waals surface area contributed by atoms with Crippen molar-refractivity contribution < 1.29 is 22.7 Å². The van der Waals surface area contributed by atoms with Crippen LogP contribution in [0.4, 0.5) is 5.13 Å². The number of nitrogens with zero attached hydrogens (tertiary/aromatic N) is 2. The van der Waals surface area contributed by atoms with Crippen LogP contribution in [0.25, 0.3) is 0 Å². The van der Waals surface area contributed by atoms with Gasteiger partial charge in [-0.15, -0.1) is 10.2 Å². The SMILES string of the molecule is CCOc1ccc([C@H](C)NS(=O)(=O)c2nnc(NC(=O)c3ccccc3Cl)s2)cc1OCC. The minimum absolute atomic E-state index is 0.0349. The molecule has 1 heterocycles. The molecule has 0 aliphatic carbocycles. The third-order valence-corrected chi connectivity index (χ3v) is 7.45. The third-order valence-electron chi connectivity index (χ3n) is 4.37. The van der Waals surface area contributed by atoms with E-state index in [-0.39, 0.29) is 20.1 Å².